The monoisotopic (exact) mass is 419 g/mol. The van der Waals surface area contributed by atoms with Crippen molar-refractivity contribution in [1.29, 1.82) is 5.26 Å². The van der Waals surface area contributed by atoms with Crippen LogP contribution in [-0.2, 0) is 24.8 Å². The number of nitriles is 1. The molecule has 3 heterocycles. The highest BCUT2D eigenvalue weighted by Gasteiger charge is 2.27. The van der Waals surface area contributed by atoms with Gasteiger partial charge in [0.05, 0.1) is 5.52 Å². The summed E-state index contributed by atoms with van der Waals surface area (Å²) >= 11 is 0. The molecule has 0 atom stereocenters. The number of carbonyl (C=O) groups excluding carboxylic acids is 1. The number of fused-ring (bicyclic) bond motifs is 1. The van der Waals surface area contributed by atoms with Crippen molar-refractivity contribution in [1.82, 2.24) is 19.1 Å². The van der Waals surface area contributed by atoms with Gasteiger partial charge in [0.15, 0.2) is 12.3 Å². The van der Waals surface area contributed by atoms with Crippen LogP contribution in [0, 0.1) is 23.2 Å². The van der Waals surface area contributed by atoms with Crippen LogP contribution in [-0.4, -0.2) is 31.5 Å². The van der Waals surface area contributed by atoms with Gasteiger partial charge in [0.1, 0.15) is 11.9 Å². The number of nitrogens with zero attached hydrogens (tertiary/aromatic N) is 5. The summed E-state index contributed by atoms with van der Waals surface area (Å²) in [6, 6.07) is 9.16. The number of carbonyl (C=O) groups is 1. The number of ether oxygens (including phenoxy) is 1. The van der Waals surface area contributed by atoms with Crippen LogP contribution >= 0.6 is 0 Å². The maximum absolute atomic E-state index is 12.8. The van der Waals surface area contributed by atoms with Crippen molar-refractivity contribution < 1.29 is 9.53 Å². The van der Waals surface area contributed by atoms with Crippen molar-refractivity contribution in [2.24, 2.45) is 18.9 Å². The zero-order valence-corrected chi connectivity index (χ0v) is 17.5. The Morgan fingerprint density at radius 2 is 1.94 bits per heavy atom. The molecule has 0 bridgehead atoms. The van der Waals surface area contributed by atoms with Crippen molar-refractivity contribution in [3.8, 4) is 11.9 Å². The topological polar surface area (TPSA) is 103 Å². The molecular weight excluding hydrogens is 394 g/mol. The highest BCUT2D eigenvalue weighted by atomic mass is 16.5. The molecule has 8 nitrogen and oxygen atoms in total. The lowest BCUT2D eigenvalue weighted by atomic mass is 9.79. The van der Waals surface area contributed by atoms with E-state index in [1.807, 2.05) is 18.2 Å². The second-order valence-corrected chi connectivity index (χ2v) is 8.11. The number of aromatic nitrogens is 4. The van der Waals surface area contributed by atoms with Gasteiger partial charge in [-0.05, 0) is 55.4 Å². The van der Waals surface area contributed by atoms with Gasteiger partial charge in [-0.1, -0.05) is 0 Å². The summed E-state index contributed by atoms with van der Waals surface area (Å²) in [7, 11) is 1.73. The number of hydrogen-bond acceptors (Lipinski definition) is 6. The maximum atomic E-state index is 12.8. The maximum Gasteiger partial charge on any atom is 0.330 e. The molecule has 0 N–H and O–H groups in total. The van der Waals surface area contributed by atoms with Crippen LogP contribution in [0.5, 0.6) is 5.88 Å². The lowest BCUT2D eigenvalue weighted by Gasteiger charge is -2.27. The molecule has 0 amide bonds. The fourth-order valence-corrected chi connectivity index (χ4v) is 4.38. The smallest absolute Gasteiger partial charge is 0.330 e. The molecule has 1 aliphatic rings. The summed E-state index contributed by atoms with van der Waals surface area (Å²) in [5.41, 5.74) is 2.19. The Hall–Kier alpha value is -3.47. The van der Waals surface area contributed by atoms with Crippen LogP contribution in [0.25, 0.3) is 11.2 Å². The van der Waals surface area contributed by atoms with E-state index in [1.54, 1.807) is 40.7 Å². The lowest BCUT2D eigenvalue weighted by Crippen LogP contribution is -2.29. The summed E-state index contributed by atoms with van der Waals surface area (Å²) in [5, 5.41) is 8.71. The molecule has 0 radical (unpaired) electrons. The van der Waals surface area contributed by atoms with Gasteiger partial charge in [0, 0.05) is 44.4 Å². The first-order valence-corrected chi connectivity index (χ1v) is 10.5. The predicted octanol–water partition coefficient (Wildman–Crippen LogP) is 2.65. The molecule has 0 aliphatic heterocycles. The third-order valence-corrected chi connectivity index (χ3v) is 6.12. The van der Waals surface area contributed by atoms with Gasteiger partial charge in [0.25, 0.3) is 0 Å². The molecule has 31 heavy (non-hydrogen) atoms. The minimum Gasteiger partial charge on any atom is -0.462 e. The molecule has 0 saturated heterocycles. The van der Waals surface area contributed by atoms with Gasteiger partial charge in [-0.15, -0.1) is 0 Å². The van der Waals surface area contributed by atoms with Crippen LogP contribution < -0.4 is 10.4 Å². The van der Waals surface area contributed by atoms with Crippen LogP contribution in [0.4, 0.5) is 0 Å². The van der Waals surface area contributed by atoms with Crippen LogP contribution in [0.3, 0.4) is 0 Å². The van der Waals surface area contributed by atoms with E-state index in [4.69, 9.17) is 10.00 Å². The second-order valence-electron chi connectivity index (χ2n) is 8.11. The minimum atomic E-state index is -0.115. The lowest BCUT2D eigenvalue weighted by molar-refractivity contribution is -0.123. The molecule has 1 aliphatic carbocycles. The molecule has 0 unspecified atom stereocenters. The number of imidazole rings is 1. The Morgan fingerprint density at radius 3 is 2.65 bits per heavy atom. The fourth-order valence-electron chi connectivity index (χ4n) is 4.38. The Morgan fingerprint density at radius 1 is 1.19 bits per heavy atom. The quantitative estimate of drug-likeness (QED) is 0.583. The van der Waals surface area contributed by atoms with Crippen molar-refractivity contribution in [2.45, 2.75) is 38.6 Å². The molecular formula is C23H25N5O3. The van der Waals surface area contributed by atoms with E-state index in [1.165, 1.54) is 0 Å². The number of rotatable bonds is 7. The Balaban J connectivity index is 1.43. The van der Waals surface area contributed by atoms with Crippen LogP contribution in [0.1, 0.15) is 31.2 Å². The third-order valence-electron chi connectivity index (χ3n) is 6.12. The highest BCUT2D eigenvalue weighted by molar-refractivity contribution is 5.83. The van der Waals surface area contributed by atoms with Gasteiger partial charge >= 0.3 is 5.69 Å². The van der Waals surface area contributed by atoms with E-state index in [9.17, 15) is 9.59 Å². The first-order chi connectivity index (χ1) is 15.1. The van der Waals surface area contributed by atoms with Gasteiger partial charge in [-0.25, -0.2) is 4.79 Å². The van der Waals surface area contributed by atoms with E-state index in [0.29, 0.717) is 30.4 Å². The molecule has 8 heteroatoms. The van der Waals surface area contributed by atoms with Crippen LogP contribution in [0.2, 0.25) is 0 Å². The second kappa shape index (κ2) is 9.13. The zero-order chi connectivity index (χ0) is 21.8. The van der Waals surface area contributed by atoms with Crippen molar-refractivity contribution in [3.05, 3.63) is 52.7 Å². The Labute approximate surface area is 180 Å². The van der Waals surface area contributed by atoms with Gasteiger partial charge in [-0.2, -0.15) is 10.2 Å². The summed E-state index contributed by atoms with van der Waals surface area (Å²) in [5.74, 6) is 1.02. The normalized spacial score (nSPS) is 18.6. The number of pyridine rings is 2. The summed E-state index contributed by atoms with van der Waals surface area (Å²) in [6.07, 6.45) is 7.38. The fraction of sp³-hybridized carbons (Fsp3) is 0.435. The van der Waals surface area contributed by atoms with E-state index in [2.05, 4.69) is 9.97 Å². The Bertz CT molecular complexity index is 1170. The van der Waals surface area contributed by atoms with Gasteiger partial charge < -0.3 is 4.74 Å². The first-order valence-electron chi connectivity index (χ1n) is 10.5. The molecule has 1 saturated carbocycles. The van der Waals surface area contributed by atoms with E-state index < -0.39 is 0 Å². The van der Waals surface area contributed by atoms with E-state index >= 15 is 0 Å². The third kappa shape index (κ3) is 4.50. The standard InChI is InChI=1S/C23H25N5O3/c1-27-19-6-7-21(31-13-10-24)26-22(19)28(23(27)30)15-17-2-4-18(5-3-17)20(29)14-16-8-11-25-12-9-16/h6-9,11-12,17-18H,2-5,13-15H2,1H3. The summed E-state index contributed by atoms with van der Waals surface area (Å²) < 4.78 is 8.58. The predicted molar refractivity (Wildman–Crippen MR) is 114 cm³/mol. The van der Waals surface area contributed by atoms with E-state index in [0.717, 1.165) is 36.8 Å². The molecule has 4 rings (SSSR count). The van der Waals surface area contributed by atoms with Crippen molar-refractivity contribution >= 4 is 16.9 Å². The SMILES string of the molecule is Cn1c(=O)n(CC2CCC(C(=O)Cc3ccncc3)CC2)c2nc(OCC#N)ccc21. The Kier molecular flexibility index (Phi) is 6.12. The van der Waals surface area contributed by atoms with Crippen molar-refractivity contribution in [3.63, 3.8) is 0 Å². The average molecular weight is 419 g/mol. The molecule has 0 aromatic carbocycles. The molecule has 160 valence electrons. The molecule has 3 aromatic rings. The number of hydrogen-bond donors (Lipinski definition) is 0. The van der Waals surface area contributed by atoms with Gasteiger partial charge in [-0.3, -0.25) is 18.9 Å². The minimum absolute atomic E-state index is 0.0813. The van der Waals surface area contributed by atoms with Crippen molar-refractivity contribution in [2.75, 3.05) is 6.61 Å². The average Bonchev–Trinajstić information content (AvgIpc) is 3.03. The first kappa shape index (κ1) is 20.8. The number of ketones is 1. The number of Topliss-reactive ketones (excluding diaryl/α,β-unsaturated/α-hetero) is 1. The largest absolute Gasteiger partial charge is 0.462 e. The van der Waals surface area contributed by atoms with Gasteiger partial charge in [0.2, 0.25) is 5.88 Å². The number of aryl methyl sites for hydroxylation is 1. The van der Waals surface area contributed by atoms with E-state index in [-0.39, 0.29) is 24.0 Å². The molecule has 1 fully saturated rings. The van der Waals surface area contributed by atoms with Crippen LogP contribution in [0.15, 0.2) is 41.5 Å². The molecule has 3 aromatic heterocycles. The summed E-state index contributed by atoms with van der Waals surface area (Å²) in [6.45, 7) is 0.475. The summed E-state index contributed by atoms with van der Waals surface area (Å²) in [4.78, 5) is 33.9. The zero-order valence-electron chi connectivity index (χ0n) is 17.5. The highest BCUT2D eigenvalue weighted by Crippen LogP contribution is 2.31. The molecule has 0 spiro atoms.